The van der Waals surface area contributed by atoms with Crippen LogP contribution in [-0.4, -0.2) is 5.75 Å². The van der Waals surface area contributed by atoms with Gasteiger partial charge in [0.05, 0.1) is 5.56 Å². The van der Waals surface area contributed by atoms with Gasteiger partial charge < -0.3 is 0 Å². The van der Waals surface area contributed by atoms with Gasteiger partial charge in [-0.15, -0.1) is 0 Å². The van der Waals surface area contributed by atoms with Crippen molar-refractivity contribution in [3.8, 4) is 0 Å². The molecule has 0 bridgehead atoms. The van der Waals surface area contributed by atoms with E-state index in [4.69, 9.17) is 0 Å². The summed E-state index contributed by atoms with van der Waals surface area (Å²) >= 11 is 3.96. The molecule has 0 saturated carbocycles. The number of hydrogen-bond donors (Lipinski definition) is 1. The molecule has 1 aromatic carbocycles. The predicted molar refractivity (Wildman–Crippen MR) is 58.9 cm³/mol. The monoisotopic (exact) mass is 250 g/mol. The van der Waals surface area contributed by atoms with Gasteiger partial charge in [-0.05, 0) is 29.9 Å². The second kappa shape index (κ2) is 5.39. The third-order valence-electron chi connectivity index (χ3n) is 1.90. The fourth-order valence-electron chi connectivity index (χ4n) is 1.16. The first-order valence-corrected chi connectivity index (χ1v) is 5.22. The molecule has 0 N–H and O–H groups in total. The number of halogens is 4. The first-order chi connectivity index (χ1) is 7.45. The summed E-state index contributed by atoms with van der Waals surface area (Å²) in [5, 5.41) is 0. The van der Waals surface area contributed by atoms with Crippen LogP contribution < -0.4 is 0 Å². The van der Waals surface area contributed by atoms with Crippen LogP contribution in [0.25, 0.3) is 6.08 Å². The number of thiol groups is 1. The fourth-order valence-corrected chi connectivity index (χ4v) is 1.31. The normalized spacial score (nSPS) is 12.3. The minimum atomic E-state index is -4.66. The van der Waals surface area contributed by atoms with E-state index >= 15 is 0 Å². The Balaban J connectivity index is 2.99. The zero-order valence-electron chi connectivity index (χ0n) is 8.26. The van der Waals surface area contributed by atoms with Crippen molar-refractivity contribution in [3.05, 3.63) is 41.2 Å². The summed E-state index contributed by atoms with van der Waals surface area (Å²) in [4.78, 5) is 0. The molecule has 0 aromatic heterocycles. The third kappa shape index (κ3) is 3.56. The maximum Gasteiger partial charge on any atom is 0.419 e. The number of rotatable bonds is 3. The van der Waals surface area contributed by atoms with E-state index in [0.717, 1.165) is 12.1 Å². The van der Waals surface area contributed by atoms with E-state index < -0.39 is 17.6 Å². The lowest BCUT2D eigenvalue weighted by Gasteiger charge is -2.08. The van der Waals surface area contributed by atoms with Crippen molar-refractivity contribution < 1.29 is 17.6 Å². The molecule has 1 aromatic rings. The Hall–Kier alpha value is -0.970. The molecule has 0 aliphatic carbocycles. The molecule has 0 nitrogen and oxygen atoms in total. The third-order valence-corrected chi connectivity index (χ3v) is 2.16. The van der Waals surface area contributed by atoms with Crippen LogP contribution in [0.3, 0.4) is 0 Å². The highest BCUT2D eigenvalue weighted by Gasteiger charge is 2.33. The summed E-state index contributed by atoms with van der Waals surface area (Å²) < 4.78 is 49.9. The molecule has 0 heterocycles. The molecule has 1 rings (SSSR count). The van der Waals surface area contributed by atoms with Crippen LogP contribution in [0.1, 0.15) is 17.5 Å². The molecule has 0 aliphatic rings. The van der Waals surface area contributed by atoms with E-state index in [1.807, 2.05) is 0 Å². The second-order valence-corrected chi connectivity index (χ2v) is 3.60. The Morgan fingerprint density at radius 3 is 2.50 bits per heavy atom. The standard InChI is InChI=1S/C11H10F4S/c12-10-5-4-8(3-1-2-6-16)7-9(10)11(13,14)15/h1,3-5,7,16H,2,6H2. The summed E-state index contributed by atoms with van der Waals surface area (Å²) in [6, 6.07) is 2.92. The Morgan fingerprint density at radius 2 is 1.94 bits per heavy atom. The van der Waals surface area contributed by atoms with Crippen molar-refractivity contribution in [2.45, 2.75) is 12.6 Å². The number of hydrogen-bond acceptors (Lipinski definition) is 1. The van der Waals surface area contributed by atoms with E-state index in [1.54, 1.807) is 6.08 Å². The highest BCUT2D eigenvalue weighted by atomic mass is 32.1. The van der Waals surface area contributed by atoms with Crippen molar-refractivity contribution in [1.29, 1.82) is 0 Å². The van der Waals surface area contributed by atoms with Gasteiger partial charge in [-0.25, -0.2) is 4.39 Å². The minimum Gasteiger partial charge on any atom is -0.206 e. The van der Waals surface area contributed by atoms with Gasteiger partial charge in [-0.3, -0.25) is 0 Å². The zero-order chi connectivity index (χ0) is 12.2. The van der Waals surface area contributed by atoms with Gasteiger partial charge in [-0.2, -0.15) is 25.8 Å². The average Bonchev–Trinajstić information content (AvgIpc) is 2.19. The van der Waals surface area contributed by atoms with Crippen molar-refractivity contribution in [2.24, 2.45) is 0 Å². The predicted octanol–water partition coefficient (Wildman–Crippen LogP) is 4.18. The number of benzene rings is 1. The van der Waals surface area contributed by atoms with Crippen molar-refractivity contribution in [1.82, 2.24) is 0 Å². The molecule has 16 heavy (non-hydrogen) atoms. The molecule has 0 amide bonds. The molecule has 0 radical (unpaired) electrons. The van der Waals surface area contributed by atoms with Gasteiger partial charge in [0.1, 0.15) is 5.82 Å². The SMILES string of the molecule is Fc1ccc(C=CCCS)cc1C(F)(F)F. The van der Waals surface area contributed by atoms with Gasteiger partial charge in [0.25, 0.3) is 0 Å². The lowest BCUT2D eigenvalue weighted by molar-refractivity contribution is -0.140. The van der Waals surface area contributed by atoms with Crippen LogP contribution in [0.4, 0.5) is 17.6 Å². The molecule has 5 heteroatoms. The summed E-state index contributed by atoms with van der Waals surface area (Å²) in [6.45, 7) is 0. The summed E-state index contributed by atoms with van der Waals surface area (Å²) in [6.07, 6.45) is -0.787. The van der Waals surface area contributed by atoms with E-state index in [-0.39, 0.29) is 0 Å². The van der Waals surface area contributed by atoms with Gasteiger partial charge in [0.2, 0.25) is 0 Å². The molecule has 0 unspecified atom stereocenters. The van der Waals surface area contributed by atoms with Crippen LogP contribution in [0, 0.1) is 5.82 Å². The largest absolute Gasteiger partial charge is 0.419 e. The van der Waals surface area contributed by atoms with Gasteiger partial charge in [-0.1, -0.05) is 18.2 Å². The van der Waals surface area contributed by atoms with E-state index in [0.29, 0.717) is 17.7 Å². The Kier molecular flexibility index (Phi) is 4.41. The molecular weight excluding hydrogens is 240 g/mol. The highest BCUT2D eigenvalue weighted by molar-refractivity contribution is 7.80. The van der Waals surface area contributed by atoms with Crippen LogP contribution >= 0.6 is 12.6 Å². The van der Waals surface area contributed by atoms with Crippen molar-refractivity contribution in [2.75, 3.05) is 5.75 Å². The van der Waals surface area contributed by atoms with E-state index in [2.05, 4.69) is 12.6 Å². The smallest absolute Gasteiger partial charge is 0.206 e. The molecule has 88 valence electrons. The summed E-state index contributed by atoms with van der Waals surface area (Å²) in [5.41, 5.74) is -0.906. The zero-order valence-corrected chi connectivity index (χ0v) is 9.15. The second-order valence-electron chi connectivity index (χ2n) is 3.15. The first kappa shape index (κ1) is 13.1. The van der Waals surface area contributed by atoms with Crippen LogP contribution in [0.2, 0.25) is 0 Å². The fraction of sp³-hybridized carbons (Fsp3) is 0.273. The van der Waals surface area contributed by atoms with Gasteiger partial charge in [0.15, 0.2) is 0 Å². The number of allylic oxidation sites excluding steroid dienone is 1. The number of alkyl halides is 3. The van der Waals surface area contributed by atoms with Crippen LogP contribution in [-0.2, 0) is 6.18 Å². The van der Waals surface area contributed by atoms with E-state index in [1.165, 1.54) is 12.1 Å². The minimum absolute atomic E-state index is 0.329. The topological polar surface area (TPSA) is 0 Å². The van der Waals surface area contributed by atoms with Crippen LogP contribution in [0.15, 0.2) is 24.3 Å². The maximum absolute atomic E-state index is 12.9. The average molecular weight is 250 g/mol. The molecule has 0 aliphatic heterocycles. The summed E-state index contributed by atoms with van der Waals surface area (Å²) in [5.74, 6) is -0.636. The quantitative estimate of drug-likeness (QED) is 0.604. The van der Waals surface area contributed by atoms with Crippen LogP contribution in [0.5, 0.6) is 0 Å². The Labute approximate surface area is 96.4 Å². The molecular formula is C11H10F4S. The molecule has 0 atom stereocenters. The lowest BCUT2D eigenvalue weighted by Crippen LogP contribution is -2.08. The van der Waals surface area contributed by atoms with Crippen molar-refractivity contribution >= 4 is 18.7 Å². The molecule has 0 saturated heterocycles. The molecule has 0 spiro atoms. The molecule has 0 fully saturated rings. The van der Waals surface area contributed by atoms with Crippen molar-refractivity contribution in [3.63, 3.8) is 0 Å². The summed E-state index contributed by atoms with van der Waals surface area (Å²) in [7, 11) is 0. The lowest BCUT2D eigenvalue weighted by atomic mass is 10.1. The Morgan fingerprint density at radius 1 is 1.25 bits per heavy atom. The first-order valence-electron chi connectivity index (χ1n) is 4.59. The van der Waals surface area contributed by atoms with E-state index in [9.17, 15) is 17.6 Å². The van der Waals surface area contributed by atoms with Gasteiger partial charge >= 0.3 is 6.18 Å². The van der Waals surface area contributed by atoms with Gasteiger partial charge in [0, 0.05) is 0 Å². The maximum atomic E-state index is 12.9. The highest BCUT2D eigenvalue weighted by Crippen LogP contribution is 2.32. The Bertz CT molecular complexity index is 382.